The number of carbonyl (C=O) groups is 1. The molecule has 8 heteroatoms. The summed E-state index contributed by atoms with van der Waals surface area (Å²) in [7, 11) is 0. The molecule has 0 radical (unpaired) electrons. The fourth-order valence-electron chi connectivity index (χ4n) is 2.16. The van der Waals surface area contributed by atoms with E-state index in [2.05, 4.69) is 5.32 Å². The first-order valence-electron chi connectivity index (χ1n) is 6.68. The number of nitrogens with two attached hydrogens (primary N) is 1. The second-order valence-electron chi connectivity index (χ2n) is 4.99. The number of halogens is 2. The van der Waals surface area contributed by atoms with Gasteiger partial charge in [-0.15, -0.1) is 0 Å². The van der Waals surface area contributed by atoms with Crippen LogP contribution in [0.15, 0.2) is 36.4 Å². The van der Waals surface area contributed by atoms with Crippen LogP contribution in [0.2, 0.25) is 5.02 Å². The number of nitrogens with one attached hydrogen (secondary N) is 1. The Labute approximate surface area is 147 Å². The summed E-state index contributed by atoms with van der Waals surface area (Å²) in [5.74, 6) is -0.376. The second kappa shape index (κ2) is 6.32. The number of hydrogen-bond donors (Lipinski definition) is 2. The number of carbonyl (C=O) groups excluding carboxylic acids is 1. The molecule has 1 fully saturated rings. The van der Waals surface area contributed by atoms with Crippen molar-refractivity contribution in [3.63, 3.8) is 0 Å². The van der Waals surface area contributed by atoms with Crippen molar-refractivity contribution in [2.24, 2.45) is 0 Å². The van der Waals surface area contributed by atoms with E-state index in [-0.39, 0.29) is 38.4 Å². The molecular weight excluding hydrogens is 433 g/mol. The molecule has 120 valence electrons. The first-order chi connectivity index (χ1) is 11.0. The predicted octanol–water partition coefficient (Wildman–Crippen LogP) is 0.226. The van der Waals surface area contributed by atoms with Crippen molar-refractivity contribution >= 4 is 34.6 Å². The maximum atomic E-state index is 12.4. The summed E-state index contributed by atoms with van der Waals surface area (Å²) >= 11 is 5.94. The number of nitro groups is 1. The van der Waals surface area contributed by atoms with Crippen molar-refractivity contribution in [1.82, 2.24) is 0 Å². The van der Waals surface area contributed by atoms with Crippen LogP contribution >= 0.6 is 11.6 Å². The van der Waals surface area contributed by atoms with Crippen LogP contribution in [0.1, 0.15) is 19.8 Å². The summed E-state index contributed by atoms with van der Waals surface area (Å²) in [6.07, 6.45) is 0. The molecule has 0 spiro atoms. The topological polar surface area (TPSA) is 98.3 Å². The Morgan fingerprint density at radius 3 is 2.74 bits per heavy atom. The number of hydrogen-bond acceptors (Lipinski definition) is 4. The van der Waals surface area contributed by atoms with E-state index in [9.17, 15) is 14.9 Å². The molecule has 3 rings (SSSR count). The minimum atomic E-state index is -0.426. The van der Waals surface area contributed by atoms with Gasteiger partial charge in [-0.3, -0.25) is 0 Å². The number of nitrogens with zero attached hydrogens (tertiary/aromatic N) is 1. The average molecular weight is 445 g/mol. The molecule has 1 heterocycles. The molecule has 23 heavy (non-hydrogen) atoms. The average Bonchev–Trinajstić information content (AvgIpc) is 3.34. The molecule has 6 nitrogen and oxygen atoms in total. The van der Waals surface area contributed by atoms with Crippen molar-refractivity contribution in [2.75, 3.05) is 15.5 Å². The van der Waals surface area contributed by atoms with E-state index in [0.717, 1.165) is 9.99 Å². The molecule has 1 unspecified atom stereocenters. The number of amides is 1. The fourth-order valence-corrected chi connectivity index (χ4v) is 4.05. The Kier molecular flexibility index (Phi) is 4.40. The van der Waals surface area contributed by atoms with Crippen molar-refractivity contribution in [2.45, 2.75) is 3.92 Å². The Bertz CT molecular complexity index is 809. The van der Waals surface area contributed by atoms with Crippen LogP contribution in [0.25, 0.3) is 0 Å². The second-order valence-corrected chi connectivity index (χ2v) is 8.69. The SMILES string of the molecule is Nc1ccc(Cl)cc1C(=O)Nc1ccc([N+](=O)[O-])cc1C1C[I-]1. The van der Waals surface area contributed by atoms with E-state index in [0.29, 0.717) is 20.3 Å². The molecule has 2 aromatic carbocycles. The quantitative estimate of drug-likeness (QED) is 0.232. The van der Waals surface area contributed by atoms with Gasteiger partial charge < -0.3 is 0 Å². The third-order valence-electron chi connectivity index (χ3n) is 3.40. The molecule has 0 aliphatic carbocycles. The summed E-state index contributed by atoms with van der Waals surface area (Å²) in [5, 5.41) is 14.1. The summed E-state index contributed by atoms with van der Waals surface area (Å²) in [6.45, 7) is 0. The number of non-ortho nitro benzene ring substituents is 1. The van der Waals surface area contributed by atoms with Crippen LogP contribution in [0.4, 0.5) is 17.1 Å². The van der Waals surface area contributed by atoms with Crippen LogP contribution in [0, 0.1) is 10.1 Å². The molecule has 0 aromatic heterocycles. The normalized spacial score (nSPS) is 16.3. The van der Waals surface area contributed by atoms with Crippen LogP contribution in [-0.4, -0.2) is 15.3 Å². The van der Waals surface area contributed by atoms with E-state index in [1.54, 1.807) is 24.3 Å². The number of anilines is 2. The van der Waals surface area contributed by atoms with Gasteiger partial charge in [0.25, 0.3) is 0 Å². The van der Waals surface area contributed by atoms with E-state index < -0.39 is 4.92 Å². The molecule has 0 bridgehead atoms. The number of nitrogen functional groups attached to an aromatic ring is 1. The fraction of sp³-hybridized carbons (Fsp3) is 0.133. The van der Waals surface area contributed by atoms with Gasteiger partial charge in [0.1, 0.15) is 0 Å². The van der Waals surface area contributed by atoms with Crippen LogP contribution in [0.3, 0.4) is 0 Å². The molecule has 2 aromatic rings. The zero-order valence-corrected chi connectivity index (χ0v) is 14.7. The van der Waals surface area contributed by atoms with Crippen LogP contribution in [0.5, 0.6) is 0 Å². The molecule has 3 N–H and O–H groups in total. The molecular formula is C15H12ClIN3O3-. The van der Waals surface area contributed by atoms with Gasteiger partial charge in [0.15, 0.2) is 0 Å². The van der Waals surface area contributed by atoms with Gasteiger partial charge >= 0.3 is 148 Å². The van der Waals surface area contributed by atoms with Gasteiger partial charge in [-0.25, -0.2) is 0 Å². The Morgan fingerprint density at radius 1 is 1.35 bits per heavy atom. The zero-order chi connectivity index (χ0) is 16.6. The number of alkyl halides is 2. The summed E-state index contributed by atoms with van der Waals surface area (Å²) in [4.78, 5) is 22.9. The predicted molar refractivity (Wildman–Crippen MR) is 84.5 cm³/mol. The van der Waals surface area contributed by atoms with E-state index in [1.165, 1.54) is 12.1 Å². The molecule has 1 atom stereocenters. The number of benzene rings is 2. The van der Waals surface area contributed by atoms with Gasteiger partial charge in [-0.1, -0.05) is 0 Å². The molecule has 1 amide bonds. The molecule has 1 aliphatic heterocycles. The summed E-state index contributed by atoms with van der Waals surface area (Å²) < 4.78 is 1.43. The molecule has 0 saturated carbocycles. The maximum absolute atomic E-state index is 12.4. The van der Waals surface area contributed by atoms with Crippen molar-refractivity contribution in [3.8, 4) is 0 Å². The summed E-state index contributed by atoms with van der Waals surface area (Å²) in [5.41, 5.74) is 7.90. The van der Waals surface area contributed by atoms with Gasteiger partial charge in [0.2, 0.25) is 0 Å². The van der Waals surface area contributed by atoms with Crippen molar-refractivity contribution in [1.29, 1.82) is 0 Å². The van der Waals surface area contributed by atoms with E-state index >= 15 is 0 Å². The molecule has 1 saturated heterocycles. The van der Waals surface area contributed by atoms with Crippen molar-refractivity contribution < 1.29 is 30.9 Å². The zero-order valence-electron chi connectivity index (χ0n) is 11.8. The monoisotopic (exact) mass is 444 g/mol. The van der Waals surface area contributed by atoms with E-state index in [4.69, 9.17) is 17.3 Å². The Morgan fingerprint density at radius 2 is 2.09 bits per heavy atom. The van der Waals surface area contributed by atoms with Crippen LogP contribution in [-0.2, 0) is 0 Å². The minimum absolute atomic E-state index is 0.0335. The first kappa shape index (κ1) is 16.0. The van der Waals surface area contributed by atoms with Gasteiger partial charge in [-0.05, 0) is 0 Å². The number of rotatable bonds is 4. The van der Waals surface area contributed by atoms with Gasteiger partial charge in [0.05, 0.1) is 0 Å². The first-order valence-corrected chi connectivity index (χ1v) is 9.83. The van der Waals surface area contributed by atoms with E-state index in [1.807, 2.05) is 0 Å². The Balaban J connectivity index is 1.91. The van der Waals surface area contributed by atoms with Crippen molar-refractivity contribution in [3.05, 3.63) is 62.7 Å². The number of nitro benzene ring substituents is 1. The standard InChI is InChI=1S/C15H12ClIN3O3/c16-8-1-3-13(18)11(5-8)15(21)19-14-4-2-9(20(22)23)6-10(14)12-7-17-12/h1-6,12H,7,18H2,(H,19,21)/q-1. The van der Waals surface area contributed by atoms with Crippen LogP contribution < -0.4 is 32.3 Å². The third-order valence-corrected chi connectivity index (χ3v) is 6.07. The summed E-state index contributed by atoms with van der Waals surface area (Å²) in [6, 6.07) is 9.20. The molecule has 1 aliphatic rings. The van der Waals surface area contributed by atoms with Gasteiger partial charge in [0, 0.05) is 0 Å². The Hall–Kier alpha value is -1.87. The third kappa shape index (κ3) is 3.56. The van der Waals surface area contributed by atoms with Gasteiger partial charge in [-0.2, -0.15) is 0 Å².